The van der Waals surface area contributed by atoms with Crippen molar-refractivity contribution < 1.29 is 14.6 Å². The van der Waals surface area contributed by atoms with Gasteiger partial charge in [-0.25, -0.2) is 0 Å². The molecule has 21 heavy (non-hydrogen) atoms. The Balaban J connectivity index is 2.67. The van der Waals surface area contributed by atoms with E-state index in [-0.39, 0.29) is 6.10 Å². The lowest BCUT2D eigenvalue weighted by atomic mass is 10.2. The van der Waals surface area contributed by atoms with Crippen LogP contribution in [0.25, 0.3) is 0 Å². The minimum atomic E-state index is 0.0989. The number of hydrogen-bond donors (Lipinski definition) is 3. The molecule has 5 nitrogen and oxygen atoms in total. The fourth-order valence-corrected chi connectivity index (χ4v) is 1.66. The normalized spacial score (nSPS) is 10.5. The second-order valence-electron chi connectivity index (χ2n) is 4.49. The Kier molecular flexibility index (Phi) is 7.25. The number of nitrogens with one attached hydrogen (secondary N) is 3. The number of hydrazine groups is 1. The van der Waals surface area contributed by atoms with Crippen LogP contribution in [0, 0.1) is 0 Å². The quantitative estimate of drug-likeness (QED) is 0.297. The summed E-state index contributed by atoms with van der Waals surface area (Å²) in [5.41, 5.74) is 3.78. The lowest BCUT2D eigenvalue weighted by Crippen LogP contribution is -2.82. The molecule has 0 aliphatic heterocycles. The summed E-state index contributed by atoms with van der Waals surface area (Å²) in [6.45, 7) is 8.17. The Hall–Kier alpha value is -2.08. The number of benzene rings is 1. The Morgan fingerprint density at radius 1 is 1.43 bits per heavy atom. The maximum Gasteiger partial charge on any atom is 0.224 e. The number of methoxy groups -OCH3 is 1. The summed E-state index contributed by atoms with van der Waals surface area (Å²) in [6.07, 6.45) is 3.61. The first-order chi connectivity index (χ1) is 10.1. The number of rotatable bonds is 7. The molecular formula is C15H22N3O2S+. The second-order valence-corrected chi connectivity index (χ2v) is 4.90. The van der Waals surface area contributed by atoms with Crippen molar-refractivity contribution in [3.63, 3.8) is 0 Å². The van der Waals surface area contributed by atoms with Crippen molar-refractivity contribution in [2.24, 2.45) is 0 Å². The standard InChI is InChI=1S/C15H21N3O2S/c1-5-8-16-15(21)18-17-10-12-6-7-13(20-11(2)3)14(9-12)19-4/h5-7,9-11H,1,8H2,2-4H3,(H2,16,18,21)/p+1. The molecule has 0 spiro atoms. The third-order valence-corrected chi connectivity index (χ3v) is 2.63. The zero-order valence-electron chi connectivity index (χ0n) is 12.6. The first-order valence-electron chi connectivity index (χ1n) is 6.65. The second kappa shape index (κ2) is 8.97. The summed E-state index contributed by atoms with van der Waals surface area (Å²) in [5.74, 6) is 1.41. The van der Waals surface area contributed by atoms with Crippen LogP contribution in [0.1, 0.15) is 19.4 Å². The van der Waals surface area contributed by atoms with Crippen molar-refractivity contribution >= 4 is 23.5 Å². The summed E-state index contributed by atoms with van der Waals surface area (Å²) < 4.78 is 11.0. The lowest BCUT2D eigenvalue weighted by Gasteiger charge is -2.13. The maximum absolute atomic E-state index is 5.66. The van der Waals surface area contributed by atoms with Gasteiger partial charge in [0.25, 0.3) is 0 Å². The van der Waals surface area contributed by atoms with Gasteiger partial charge in [-0.05, 0) is 44.3 Å². The molecule has 1 aromatic rings. The van der Waals surface area contributed by atoms with E-state index in [1.165, 1.54) is 0 Å². The van der Waals surface area contributed by atoms with Crippen LogP contribution in [0.15, 0.2) is 30.9 Å². The maximum atomic E-state index is 5.66. The summed E-state index contributed by atoms with van der Waals surface area (Å²) in [4.78, 5) is 0. The van der Waals surface area contributed by atoms with Gasteiger partial charge in [0, 0.05) is 12.1 Å². The summed E-state index contributed by atoms with van der Waals surface area (Å²) in [7, 11) is 1.62. The third kappa shape index (κ3) is 6.27. The smallest absolute Gasteiger partial charge is 0.224 e. The van der Waals surface area contributed by atoms with E-state index < -0.39 is 0 Å². The van der Waals surface area contributed by atoms with Crippen molar-refractivity contribution in [3.05, 3.63) is 36.4 Å². The Bertz CT molecular complexity index is 516. The number of hydrazone groups is 1. The average molecular weight is 308 g/mol. The van der Waals surface area contributed by atoms with Gasteiger partial charge in [0.2, 0.25) is 5.11 Å². The fourth-order valence-electron chi connectivity index (χ4n) is 1.52. The summed E-state index contributed by atoms with van der Waals surface area (Å²) in [5, 5.41) is 6.36. The highest BCUT2D eigenvalue weighted by Gasteiger charge is 2.07. The first kappa shape index (κ1) is 17.0. The third-order valence-electron chi connectivity index (χ3n) is 2.38. The minimum Gasteiger partial charge on any atom is -0.493 e. The van der Waals surface area contributed by atoms with E-state index in [9.17, 15) is 0 Å². The van der Waals surface area contributed by atoms with Crippen molar-refractivity contribution in [1.82, 2.24) is 10.7 Å². The van der Waals surface area contributed by atoms with E-state index >= 15 is 0 Å². The zero-order chi connectivity index (χ0) is 15.7. The first-order valence-corrected chi connectivity index (χ1v) is 7.05. The highest BCUT2D eigenvalue weighted by molar-refractivity contribution is 7.80. The molecule has 0 atom stereocenters. The molecule has 1 aromatic carbocycles. The molecule has 0 aromatic heterocycles. The van der Waals surface area contributed by atoms with Gasteiger partial charge in [0.15, 0.2) is 17.7 Å². The van der Waals surface area contributed by atoms with Crippen molar-refractivity contribution in [2.45, 2.75) is 20.0 Å². The fraction of sp³-hybridized carbons (Fsp3) is 0.333. The number of hydrogen-bond acceptors (Lipinski definition) is 3. The predicted octanol–water partition coefficient (Wildman–Crippen LogP) is 0.547. The van der Waals surface area contributed by atoms with Crippen molar-refractivity contribution in [3.8, 4) is 11.5 Å². The van der Waals surface area contributed by atoms with Crippen molar-refractivity contribution in [1.29, 1.82) is 0 Å². The van der Waals surface area contributed by atoms with Crippen LogP contribution in [0.5, 0.6) is 11.5 Å². The molecule has 0 bridgehead atoms. The highest BCUT2D eigenvalue weighted by atomic mass is 32.1. The predicted molar refractivity (Wildman–Crippen MR) is 88.8 cm³/mol. The van der Waals surface area contributed by atoms with Gasteiger partial charge in [-0.1, -0.05) is 6.08 Å². The molecule has 0 aliphatic rings. The molecule has 0 aliphatic carbocycles. The molecule has 0 fully saturated rings. The molecule has 0 radical (unpaired) electrons. The van der Waals surface area contributed by atoms with Gasteiger partial charge in [-0.15, -0.1) is 17.1 Å². The van der Waals surface area contributed by atoms with Gasteiger partial charge in [-0.2, -0.15) is 0 Å². The van der Waals surface area contributed by atoms with E-state index in [1.807, 2.05) is 32.0 Å². The SMILES string of the molecule is C=CCNC(=S)N[NH+]=Cc1ccc(OC(C)C)c(OC)c1. The van der Waals surface area contributed by atoms with E-state index in [4.69, 9.17) is 21.7 Å². The van der Waals surface area contributed by atoms with Crippen molar-refractivity contribution in [2.75, 3.05) is 13.7 Å². The lowest BCUT2D eigenvalue weighted by molar-refractivity contribution is -0.500. The van der Waals surface area contributed by atoms with Gasteiger partial charge >= 0.3 is 0 Å². The van der Waals surface area contributed by atoms with Crippen LogP contribution in [0.2, 0.25) is 0 Å². The van der Waals surface area contributed by atoms with Gasteiger partial charge in [0.05, 0.1) is 13.2 Å². The Morgan fingerprint density at radius 3 is 2.81 bits per heavy atom. The van der Waals surface area contributed by atoms with Crippen LogP contribution in [0.4, 0.5) is 0 Å². The van der Waals surface area contributed by atoms with Crippen LogP contribution in [-0.4, -0.2) is 31.1 Å². The molecule has 114 valence electrons. The largest absolute Gasteiger partial charge is 0.493 e. The van der Waals surface area contributed by atoms with Crippen LogP contribution in [-0.2, 0) is 0 Å². The van der Waals surface area contributed by atoms with Crippen LogP contribution in [0.3, 0.4) is 0 Å². The minimum absolute atomic E-state index is 0.0989. The average Bonchev–Trinajstić information content (AvgIpc) is 2.46. The summed E-state index contributed by atoms with van der Waals surface area (Å²) >= 11 is 5.05. The Labute approximate surface area is 131 Å². The molecule has 0 saturated carbocycles. The van der Waals surface area contributed by atoms with E-state index in [1.54, 1.807) is 19.4 Å². The molecule has 0 heterocycles. The molecule has 1 rings (SSSR count). The topological polar surface area (TPSA) is 56.5 Å². The zero-order valence-corrected chi connectivity index (χ0v) is 13.4. The molecule has 0 unspecified atom stereocenters. The molecule has 6 heteroatoms. The summed E-state index contributed by atoms with van der Waals surface area (Å²) in [6, 6.07) is 5.68. The molecular weight excluding hydrogens is 286 g/mol. The number of thiocarbonyl (C=S) groups is 1. The van der Waals surface area contributed by atoms with E-state index in [0.29, 0.717) is 17.4 Å². The molecule has 0 saturated heterocycles. The van der Waals surface area contributed by atoms with Gasteiger partial charge in [0.1, 0.15) is 0 Å². The molecule has 3 N–H and O–H groups in total. The highest BCUT2D eigenvalue weighted by Crippen LogP contribution is 2.28. The monoisotopic (exact) mass is 308 g/mol. The van der Waals surface area contributed by atoms with E-state index in [0.717, 1.165) is 11.3 Å². The van der Waals surface area contributed by atoms with Crippen LogP contribution >= 0.6 is 12.2 Å². The van der Waals surface area contributed by atoms with Crippen LogP contribution < -0.4 is 25.3 Å². The number of ether oxygens (including phenoxy) is 2. The molecule has 0 amide bonds. The van der Waals surface area contributed by atoms with Gasteiger partial charge in [-0.3, -0.25) is 0 Å². The van der Waals surface area contributed by atoms with E-state index in [2.05, 4.69) is 22.4 Å². The van der Waals surface area contributed by atoms with Gasteiger partial charge < -0.3 is 14.8 Å². The Morgan fingerprint density at radius 2 is 2.19 bits per heavy atom.